The van der Waals surface area contributed by atoms with Crippen molar-refractivity contribution in [2.75, 3.05) is 0 Å². The van der Waals surface area contributed by atoms with Gasteiger partial charge in [0.05, 0.1) is 12.2 Å². The molecule has 1 saturated carbocycles. The van der Waals surface area contributed by atoms with E-state index in [4.69, 9.17) is 4.74 Å². The molecule has 1 heterocycles. The van der Waals surface area contributed by atoms with Gasteiger partial charge in [-0.2, -0.15) is 0 Å². The number of aldehydes is 1. The maximum atomic E-state index is 11.9. The first-order valence-electron chi connectivity index (χ1n) is 6.27. The standard InChI is InChI=1S/C14H16O3/c15-7-2-1-4-9-8-11-10(14-13(9)17-14)5-3-6-12(11)16/h1-3,6-7,9-11,13-14H,4-5,8H2/b2-1-/t9-,10-,11+,13-,14+/m1/s1. The number of ether oxygens (including phenoxy) is 1. The van der Waals surface area contributed by atoms with E-state index in [0.717, 1.165) is 25.5 Å². The molecule has 2 fully saturated rings. The number of carbonyl (C=O) groups is 2. The molecular formula is C14H16O3. The molecule has 0 amide bonds. The Morgan fingerprint density at radius 1 is 1.41 bits per heavy atom. The van der Waals surface area contributed by atoms with Crippen LogP contribution in [0.15, 0.2) is 24.3 Å². The minimum Gasteiger partial charge on any atom is -0.369 e. The van der Waals surface area contributed by atoms with Gasteiger partial charge in [0.15, 0.2) is 5.78 Å². The summed E-state index contributed by atoms with van der Waals surface area (Å²) in [6.07, 6.45) is 11.3. The molecule has 17 heavy (non-hydrogen) atoms. The third kappa shape index (κ3) is 1.89. The van der Waals surface area contributed by atoms with Gasteiger partial charge in [0.25, 0.3) is 0 Å². The van der Waals surface area contributed by atoms with E-state index in [1.807, 2.05) is 12.2 Å². The molecule has 0 aromatic rings. The Hall–Kier alpha value is -1.22. The van der Waals surface area contributed by atoms with Gasteiger partial charge in [-0.1, -0.05) is 12.2 Å². The maximum Gasteiger partial charge on any atom is 0.158 e. The molecule has 0 radical (unpaired) electrons. The van der Waals surface area contributed by atoms with Crippen molar-refractivity contribution in [1.29, 1.82) is 0 Å². The summed E-state index contributed by atoms with van der Waals surface area (Å²) in [6, 6.07) is 0. The average Bonchev–Trinajstić information content (AvgIpc) is 3.11. The Morgan fingerprint density at radius 2 is 2.29 bits per heavy atom. The summed E-state index contributed by atoms with van der Waals surface area (Å²) in [6.45, 7) is 0. The third-order valence-corrected chi connectivity index (χ3v) is 4.23. The molecule has 3 aliphatic rings. The summed E-state index contributed by atoms with van der Waals surface area (Å²) < 4.78 is 5.73. The number of ketones is 1. The van der Waals surface area contributed by atoms with Crippen LogP contribution in [-0.2, 0) is 14.3 Å². The quantitative estimate of drug-likeness (QED) is 0.422. The van der Waals surface area contributed by atoms with Crippen LogP contribution in [0.2, 0.25) is 0 Å². The zero-order valence-electron chi connectivity index (χ0n) is 9.62. The highest BCUT2D eigenvalue weighted by molar-refractivity contribution is 5.93. The van der Waals surface area contributed by atoms with Crippen LogP contribution >= 0.6 is 0 Å². The van der Waals surface area contributed by atoms with Crippen molar-refractivity contribution in [3.63, 3.8) is 0 Å². The highest BCUT2D eigenvalue weighted by atomic mass is 16.6. The Morgan fingerprint density at radius 3 is 3.12 bits per heavy atom. The lowest BCUT2D eigenvalue weighted by atomic mass is 9.68. The van der Waals surface area contributed by atoms with Gasteiger partial charge in [0.2, 0.25) is 0 Å². The molecule has 0 spiro atoms. The topological polar surface area (TPSA) is 46.7 Å². The zero-order valence-corrected chi connectivity index (χ0v) is 9.62. The summed E-state index contributed by atoms with van der Waals surface area (Å²) in [5.41, 5.74) is 0. The summed E-state index contributed by atoms with van der Waals surface area (Å²) in [4.78, 5) is 22.1. The van der Waals surface area contributed by atoms with E-state index in [1.54, 1.807) is 6.08 Å². The summed E-state index contributed by atoms with van der Waals surface area (Å²) in [5.74, 6) is 1.23. The van der Waals surface area contributed by atoms with Gasteiger partial charge < -0.3 is 4.74 Å². The first kappa shape index (κ1) is 10.9. The lowest BCUT2D eigenvalue weighted by Crippen LogP contribution is -2.37. The van der Waals surface area contributed by atoms with Gasteiger partial charge in [-0.25, -0.2) is 0 Å². The van der Waals surface area contributed by atoms with Crippen LogP contribution in [0.3, 0.4) is 0 Å². The van der Waals surface area contributed by atoms with E-state index in [-0.39, 0.29) is 17.8 Å². The number of rotatable bonds is 3. The third-order valence-electron chi connectivity index (χ3n) is 4.23. The Labute approximate surface area is 101 Å². The predicted octanol–water partition coefficient (Wildman–Crippen LogP) is 1.68. The van der Waals surface area contributed by atoms with Gasteiger partial charge in [-0.15, -0.1) is 0 Å². The highest BCUT2D eigenvalue weighted by Crippen LogP contribution is 2.51. The summed E-state index contributed by atoms with van der Waals surface area (Å²) >= 11 is 0. The second-order valence-electron chi connectivity index (χ2n) is 5.17. The van der Waals surface area contributed by atoms with Gasteiger partial charge in [0.1, 0.15) is 6.29 Å². The molecule has 0 N–H and O–H groups in total. The molecule has 2 aliphatic carbocycles. The van der Waals surface area contributed by atoms with E-state index in [0.29, 0.717) is 17.9 Å². The van der Waals surface area contributed by atoms with E-state index in [1.165, 1.54) is 6.08 Å². The molecular weight excluding hydrogens is 216 g/mol. The van der Waals surface area contributed by atoms with Gasteiger partial charge in [-0.05, 0) is 37.3 Å². The fourth-order valence-corrected chi connectivity index (χ4v) is 3.35. The van der Waals surface area contributed by atoms with Gasteiger partial charge in [0, 0.05) is 11.8 Å². The molecule has 0 aromatic heterocycles. The molecule has 1 saturated heterocycles. The van der Waals surface area contributed by atoms with E-state index in [2.05, 4.69) is 0 Å². The van der Waals surface area contributed by atoms with Gasteiger partial charge in [-0.3, -0.25) is 9.59 Å². The van der Waals surface area contributed by atoms with E-state index >= 15 is 0 Å². The lowest BCUT2D eigenvalue weighted by Gasteiger charge is -2.32. The Kier molecular flexibility index (Phi) is 2.71. The maximum absolute atomic E-state index is 11.9. The van der Waals surface area contributed by atoms with Crippen molar-refractivity contribution in [2.24, 2.45) is 17.8 Å². The average molecular weight is 232 g/mol. The second kappa shape index (κ2) is 4.22. The number of fused-ring (bicyclic) bond motifs is 3. The summed E-state index contributed by atoms with van der Waals surface area (Å²) in [7, 11) is 0. The minimum atomic E-state index is 0.151. The number of carbonyl (C=O) groups excluding carboxylic acids is 2. The predicted molar refractivity (Wildman–Crippen MR) is 62.3 cm³/mol. The Balaban J connectivity index is 1.71. The van der Waals surface area contributed by atoms with Crippen LogP contribution in [0.25, 0.3) is 0 Å². The highest BCUT2D eigenvalue weighted by Gasteiger charge is 2.56. The minimum absolute atomic E-state index is 0.151. The van der Waals surface area contributed by atoms with Crippen LogP contribution in [0, 0.1) is 17.8 Å². The molecule has 0 unspecified atom stereocenters. The molecule has 5 atom stereocenters. The van der Waals surface area contributed by atoms with Crippen LogP contribution in [0.1, 0.15) is 19.3 Å². The fraction of sp³-hybridized carbons (Fsp3) is 0.571. The fourth-order valence-electron chi connectivity index (χ4n) is 3.35. The molecule has 0 aromatic carbocycles. The van der Waals surface area contributed by atoms with Crippen molar-refractivity contribution < 1.29 is 14.3 Å². The SMILES string of the molecule is O=C/C=C\C[C@@H]1C[C@@H]2C(=O)C=CC[C@H]2[C@@H]2O[C@H]12. The van der Waals surface area contributed by atoms with E-state index < -0.39 is 0 Å². The normalized spacial score (nSPS) is 43.3. The molecule has 1 aliphatic heterocycles. The van der Waals surface area contributed by atoms with Crippen molar-refractivity contribution in [2.45, 2.75) is 31.5 Å². The van der Waals surface area contributed by atoms with Crippen molar-refractivity contribution in [1.82, 2.24) is 0 Å². The molecule has 3 nitrogen and oxygen atoms in total. The first-order valence-corrected chi connectivity index (χ1v) is 6.27. The number of allylic oxidation sites excluding steroid dienone is 4. The molecule has 3 heteroatoms. The zero-order chi connectivity index (χ0) is 11.8. The summed E-state index contributed by atoms with van der Waals surface area (Å²) in [5, 5.41) is 0. The van der Waals surface area contributed by atoms with Crippen LogP contribution in [-0.4, -0.2) is 24.3 Å². The molecule has 90 valence electrons. The van der Waals surface area contributed by atoms with Crippen LogP contribution in [0.4, 0.5) is 0 Å². The lowest BCUT2D eigenvalue weighted by molar-refractivity contribution is -0.121. The van der Waals surface area contributed by atoms with Crippen molar-refractivity contribution in [3.05, 3.63) is 24.3 Å². The first-order chi connectivity index (χ1) is 8.31. The monoisotopic (exact) mass is 232 g/mol. The van der Waals surface area contributed by atoms with Crippen LogP contribution in [0.5, 0.6) is 0 Å². The molecule has 0 bridgehead atoms. The number of hydrogen-bond acceptors (Lipinski definition) is 3. The Bertz CT molecular complexity index is 396. The number of hydrogen-bond donors (Lipinski definition) is 0. The molecule has 3 rings (SSSR count). The second-order valence-corrected chi connectivity index (χ2v) is 5.17. The van der Waals surface area contributed by atoms with Crippen molar-refractivity contribution >= 4 is 12.1 Å². The van der Waals surface area contributed by atoms with Crippen molar-refractivity contribution in [3.8, 4) is 0 Å². The smallest absolute Gasteiger partial charge is 0.158 e. The van der Waals surface area contributed by atoms with E-state index in [9.17, 15) is 9.59 Å². The van der Waals surface area contributed by atoms with Gasteiger partial charge >= 0.3 is 0 Å². The number of epoxide rings is 1. The van der Waals surface area contributed by atoms with Crippen LogP contribution < -0.4 is 0 Å². The largest absolute Gasteiger partial charge is 0.369 e.